The van der Waals surface area contributed by atoms with Gasteiger partial charge in [0.25, 0.3) is 5.91 Å². The molecular formula is C25H23N3O. The van der Waals surface area contributed by atoms with E-state index in [1.807, 2.05) is 37.3 Å². The van der Waals surface area contributed by atoms with Gasteiger partial charge in [-0.15, -0.1) is 0 Å². The molecule has 4 nitrogen and oxygen atoms in total. The van der Waals surface area contributed by atoms with Gasteiger partial charge in [0, 0.05) is 22.3 Å². The van der Waals surface area contributed by atoms with Crippen molar-refractivity contribution >= 4 is 16.8 Å². The lowest BCUT2D eigenvalue weighted by Gasteiger charge is -2.19. The molecule has 2 heterocycles. The Morgan fingerprint density at radius 3 is 2.59 bits per heavy atom. The van der Waals surface area contributed by atoms with Crippen molar-refractivity contribution in [1.29, 1.82) is 0 Å². The van der Waals surface area contributed by atoms with Crippen molar-refractivity contribution in [3.8, 4) is 11.3 Å². The average Bonchev–Trinajstić information content (AvgIpc) is 3.25. The molecule has 4 aromatic rings. The number of para-hydroxylation sites is 1. The summed E-state index contributed by atoms with van der Waals surface area (Å²) in [4.78, 5) is 17.3. The highest BCUT2D eigenvalue weighted by Crippen LogP contribution is 2.41. The Balaban J connectivity index is 1.74. The standard InChI is InChI=1S/C25H23N3O/c1-15-23(21-13-11-18-8-4-6-10-20(18)27-21)24(25(26)29)16(2)28(15)22-14-12-17-7-3-5-9-19(17)22/h3-11,13,22H,12,14H2,1-2H3,(H2,26,29). The van der Waals surface area contributed by atoms with E-state index < -0.39 is 5.91 Å². The fraction of sp³-hybridized carbons (Fsp3) is 0.200. The molecular weight excluding hydrogens is 358 g/mol. The highest BCUT2D eigenvalue weighted by Gasteiger charge is 2.31. The largest absolute Gasteiger partial charge is 0.366 e. The molecule has 144 valence electrons. The van der Waals surface area contributed by atoms with Gasteiger partial charge in [-0.2, -0.15) is 0 Å². The van der Waals surface area contributed by atoms with Crippen LogP contribution in [-0.4, -0.2) is 15.5 Å². The summed E-state index contributed by atoms with van der Waals surface area (Å²) < 4.78 is 2.29. The van der Waals surface area contributed by atoms with Crippen LogP contribution in [0.4, 0.5) is 0 Å². The van der Waals surface area contributed by atoms with Crippen LogP contribution in [0.2, 0.25) is 0 Å². The van der Waals surface area contributed by atoms with Crippen LogP contribution in [0.25, 0.3) is 22.2 Å². The predicted molar refractivity (Wildman–Crippen MR) is 116 cm³/mol. The van der Waals surface area contributed by atoms with E-state index in [0.717, 1.165) is 46.4 Å². The maximum Gasteiger partial charge on any atom is 0.251 e. The number of carbonyl (C=O) groups is 1. The molecule has 0 fully saturated rings. The number of aryl methyl sites for hydroxylation is 1. The van der Waals surface area contributed by atoms with Crippen LogP contribution < -0.4 is 5.73 Å². The van der Waals surface area contributed by atoms with E-state index in [0.29, 0.717) is 5.56 Å². The van der Waals surface area contributed by atoms with Gasteiger partial charge < -0.3 is 10.3 Å². The summed E-state index contributed by atoms with van der Waals surface area (Å²) in [6, 6.07) is 20.9. The third-order valence-electron chi connectivity index (χ3n) is 6.21. The molecule has 2 N–H and O–H groups in total. The number of pyridine rings is 1. The molecule has 1 unspecified atom stereocenters. The van der Waals surface area contributed by atoms with Crippen LogP contribution in [0.5, 0.6) is 0 Å². The van der Waals surface area contributed by atoms with E-state index in [9.17, 15) is 4.79 Å². The van der Waals surface area contributed by atoms with Crippen LogP contribution >= 0.6 is 0 Å². The summed E-state index contributed by atoms with van der Waals surface area (Å²) in [5, 5.41) is 1.08. The summed E-state index contributed by atoms with van der Waals surface area (Å²) in [6.45, 7) is 4.07. The summed E-state index contributed by atoms with van der Waals surface area (Å²) in [5.41, 5.74) is 13.7. The number of carbonyl (C=O) groups excluding carboxylic acids is 1. The van der Waals surface area contributed by atoms with Crippen molar-refractivity contribution in [3.63, 3.8) is 0 Å². The monoisotopic (exact) mass is 381 g/mol. The molecule has 1 amide bonds. The highest BCUT2D eigenvalue weighted by molar-refractivity contribution is 6.02. The van der Waals surface area contributed by atoms with E-state index in [-0.39, 0.29) is 6.04 Å². The van der Waals surface area contributed by atoms with Crippen molar-refractivity contribution in [2.45, 2.75) is 32.7 Å². The third kappa shape index (κ3) is 2.67. The molecule has 0 spiro atoms. The van der Waals surface area contributed by atoms with Crippen LogP contribution in [0, 0.1) is 13.8 Å². The van der Waals surface area contributed by atoms with Crippen LogP contribution in [0.3, 0.4) is 0 Å². The van der Waals surface area contributed by atoms with E-state index in [1.165, 1.54) is 11.1 Å². The summed E-state index contributed by atoms with van der Waals surface area (Å²) in [7, 11) is 0. The summed E-state index contributed by atoms with van der Waals surface area (Å²) >= 11 is 0. The number of primary amides is 1. The van der Waals surface area contributed by atoms with E-state index in [2.05, 4.69) is 41.8 Å². The van der Waals surface area contributed by atoms with Crippen LogP contribution in [0.1, 0.15) is 45.3 Å². The van der Waals surface area contributed by atoms with Crippen LogP contribution in [0.15, 0.2) is 60.7 Å². The number of nitrogens with zero attached hydrogens (tertiary/aromatic N) is 2. The van der Waals surface area contributed by atoms with Gasteiger partial charge in [0.2, 0.25) is 0 Å². The molecule has 0 bridgehead atoms. The lowest BCUT2D eigenvalue weighted by atomic mass is 10.0. The molecule has 5 rings (SSSR count). The van der Waals surface area contributed by atoms with Crippen molar-refractivity contribution in [2.24, 2.45) is 5.73 Å². The van der Waals surface area contributed by atoms with Crippen molar-refractivity contribution in [3.05, 3.63) is 88.7 Å². The lowest BCUT2D eigenvalue weighted by molar-refractivity contribution is 0.1000. The Bertz CT molecular complexity index is 1270. The molecule has 2 aromatic carbocycles. The third-order valence-corrected chi connectivity index (χ3v) is 6.21. The Hall–Kier alpha value is -3.40. The Morgan fingerprint density at radius 2 is 1.76 bits per heavy atom. The molecule has 1 atom stereocenters. The molecule has 1 aliphatic rings. The quantitative estimate of drug-likeness (QED) is 0.545. The van der Waals surface area contributed by atoms with Gasteiger partial charge in [0.1, 0.15) is 0 Å². The zero-order valence-corrected chi connectivity index (χ0v) is 16.6. The van der Waals surface area contributed by atoms with Gasteiger partial charge in [-0.05, 0) is 49.9 Å². The Kier molecular flexibility index (Phi) is 4.02. The number of amides is 1. The smallest absolute Gasteiger partial charge is 0.251 e. The van der Waals surface area contributed by atoms with Crippen molar-refractivity contribution in [2.75, 3.05) is 0 Å². The molecule has 0 radical (unpaired) electrons. The molecule has 0 saturated carbocycles. The Morgan fingerprint density at radius 1 is 1.00 bits per heavy atom. The average molecular weight is 381 g/mol. The first-order valence-corrected chi connectivity index (χ1v) is 10.0. The lowest BCUT2D eigenvalue weighted by Crippen LogP contribution is -2.15. The second-order valence-corrected chi connectivity index (χ2v) is 7.80. The first kappa shape index (κ1) is 17.7. The molecule has 2 aromatic heterocycles. The summed E-state index contributed by atoms with van der Waals surface area (Å²) in [6.07, 6.45) is 2.08. The van der Waals surface area contributed by atoms with Crippen molar-refractivity contribution < 1.29 is 4.79 Å². The molecule has 0 saturated heterocycles. The number of hydrogen-bond donors (Lipinski definition) is 1. The highest BCUT2D eigenvalue weighted by atomic mass is 16.1. The zero-order chi connectivity index (χ0) is 20.1. The second-order valence-electron chi connectivity index (χ2n) is 7.80. The number of hydrogen-bond acceptors (Lipinski definition) is 2. The molecule has 1 aliphatic carbocycles. The van der Waals surface area contributed by atoms with Crippen molar-refractivity contribution in [1.82, 2.24) is 9.55 Å². The number of rotatable bonds is 3. The SMILES string of the molecule is Cc1c(C(N)=O)c(-c2ccc3ccccc3n2)c(C)n1C1CCc2ccccc21. The van der Waals surface area contributed by atoms with Gasteiger partial charge in [-0.1, -0.05) is 48.5 Å². The maximum absolute atomic E-state index is 12.5. The van der Waals surface area contributed by atoms with E-state index in [4.69, 9.17) is 10.7 Å². The fourth-order valence-corrected chi connectivity index (χ4v) is 4.94. The van der Waals surface area contributed by atoms with Gasteiger partial charge >= 0.3 is 0 Å². The molecule has 29 heavy (non-hydrogen) atoms. The topological polar surface area (TPSA) is 60.9 Å². The second kappa shape index (κ2) is 6.59. The van der Waals surface area contributed by atoms with Gasteiger partial charge in [-0.25, -0.2) is 4.98 Å². The van der Waals surface area contributed by atoms with Gasteiger partial charge in [-0.3, -0.25) is 4.79 Å². The van der Waals surface area contributed by atoms with Gasteiger partial charge in [0.05, 0.1) is 22.8 Å². The van der Waals surface area contributed by atoms with E-state index >= 15 is 0 Å². The minimum Gasteiger partial charge on any atom is -0.366 e. The maximum atomic E-state index is 12.5. The van der Waals surface area contributed by atoms with E-state index in [1.54, 1.807) is 0 Å². The zero-order valence-electron chi connectivity index (χ0n) is 16.6. The van der Waals surface area contributed by atoms with Gasteiger partial charge in [0.15, 0.2) is 0 Å². The number of benzene rings is 2. The minimum absolute atomic E-state index is 0.221. The predicted octanol–water partition coefficient (Wildman–Crippen LogP) is 4.95. The normalized spacial score (nSPS) is 15.6. The number of fused-ring (bicyclic) bond motifs is 2. The van der Waals surface area contributed by atoms with Crippen LogP contribution in [-0.2, 0) is 6.42 Å². The number of nitrogens with two attached hydrogens (primary N) is 1. The summed E-state index contributed by atoms with van der Waals surface area (Å²) in [5.74, 6) is -0.402. The molecule has 4 heteroatoms. The Labute approximate surface area is 170 Å². The first-order chi connectivity index (χ1) is 14.1. The molecule has 0 aliphatic heterocycles. The minimum atomic E-state index is -0.402. The first-order valence-electron chi connectivity index (χ1n) is 10.0. The number of aromatic nitrogens is 2. The fourth-order valence-electron chi connectivity index (χ4n) is 4.94.